The van der Waals surface area contributed by atoms with E-state index >= 15 is 0 Å². The predicted octanol–water partition coefficient (Wildman–Crippen LogP) is 3.58. The van der Waals surface area contributed by atoms with Crippen molar-refractivity contribution in [1.29, 1.82) is 0 Å². The highest BCUT2D eigenvalue weighted by Gasteiger charge is 2.13. The summed E-state index contributed by atoms with van der Waals surface area (Å²) in [6, 6.07) is 4.14. The molecule has 17 heavy (non-hydrogen) atoms. The van der Waals surface area contributed by atoms with Crippen LogP contribution in [0.15, 0.2) is 22.7 Å². The molecule has 2 nitrogen and oxygen atoms in total. The molecule has 1 rings (SSSR count). The summed E-state index contributed by atoms with van der Waals surface area (Å²) in [5.41, 5.74) is 0.408. The second-order valence-electron chi connectivity index (χ2n) is 4.10. The minimum atomic E-state index is -0.390. The minimum Gasteiger partial charge on any atom is -0.351 e. The fourth-order valence-electron chi connectivity index (χ4n) is 1.17. The fraction of sp³-hybridized carbons (Fsp3) is 0.417. The van der Waals surface area contributed by atoms with Gasteiger partial charge in [-0.3, -0.25) is 4.79 Å². The highest BCUT2D eigenvalue weighted by molar-refractivity contribution is 9.10. The normalized spacial score (nSPS) is 12.6. The summed E-state index contributed by atoms with van der Waals surface area (Å²) in [4.78, 5) is 11.7. The van der Waals surface area contributed by atoms with E-state index in [1.807, 2.05) is 13.8 Å². The Morgan fingerprint density at radius 2 is 2.18 bits per heavy atom. The summed E-state index contributed by atoms with van der Waals surface area (Å²) < 4.78 is 13.3. The Hall–Kier alpha value is -0.610. The summed E-state index contributed by atoms with van der Waals surface area (Å²) >= 11 is 9.06. The fourth-order valence-corrected chi connectivity index (χ4v) is 1.62. The van der Waals surface area contributed by atoms with Crippen LogP contribution < -0.4 is 5.32 Å². The van der Waals surface area contributed by atoms with E-state index in [1.54, 1.807) is 0 Å². The average molecular weight is 323 g/mol. The van der Waals surface area contributed by atoms with Crippen LogP contribution in [0.2, 0.25) is 0 Å². The Balaban J connectivity index is 2.61. The van der Waals surface area contributed by atoms with Gasteiger partial charge in [0.2, 0.25) is 0 Å². The van der Waals surface area contributed by atoms with E-state index in [4.69, 9.17) is 11.6 Å². The van der Waals surface area contributed by atoms with Crippen molar-refractivity contribution in [3.63, 3.8) is 0 Å². The number of nitrogens with one attached hydrogen (secondary N) is 1. The number of halogens is 3. The zero-order valence-electron chi connectivity index (χ0n) is 9.64. The Bertz CT molecular complexity index is 411. The quantitative estimate of drug-likeness (QED) is 0.844. The second-order valence-corrected chi connectivity index (χ2v) is 5.51. The number of rotatable bonds is 4. The van der Waals surface area contributed by atoms with Gasteiger partial charge in [0.15, 0.2) is 0 Å². The van der Waals surface area contributed by atoms with Crippen LogP contribution in [0.4, 0.5) is 4.39 Å². The van der Waals surface area contributed by atoms with Crippen LogP contribution in [0.5, 0.6) is 0 Å². The maximum atomic E-state index is 13.0. The Morgan fingerprint density at radius 1 is 1.53 bits per heavy atom. The molecule has 1 aromatic rings. The van der Waals surface area contributed by atoms with Crippen molar-refractivity contribution in [3.8, 4) is 0 Å². The van der Waals surface area contributed by atoms with Crippen LogP contribution >= 0.6 is 27.5 Å². The first-order valence-electron chi connectivity index (χ1n) is 5.29. The lowest BCUT2D eigenvalue weighted by atomic mass is 10.1. The molecule has 1 unspecified atom stereocenters. The van der Waals surface area contributed by atoms with E-state index in [-0.39, 0.29) is 27.5 Å². The van der Waals surface area contributed by atoms with Crippen LogP contribution in [0.1, 0.15) is 24.2 Å². The maximum Gasteiger partial charge on any atom is 0.251 e. The molecule has 0 aromatic heterocycles. The zero-order chi connectivity index (χ0) is 13.0. The van der Waals surface area contributed by atoms with Gasteiger partial charge in [-0.2, -0.15) is 0 Å². The van der Waals surface area contributed by atoms with Crippen LogP contribution in [-0.2, 0) is 0 Å². The van der Waals surface area contributed by atoms with Crippen LogP contribution in [0, 0.1) is 11.7 Å². The predicted molar refractivity (Wildman–Crippen MR) is 70.9 cm³/mol. The van der Waals surface area contributed by atoms with Gasteiger partial charge >= 0.3 is 0 Å². The lowest BCUT2D eigenvalue weighted by Crippen LogP contribution is -2.31. The smallest absolute Gasteiger partial charge is 0.251 e. The number of amides is 1. The molecule has 1 atom stereocenters. The summed E-state index contributed by atoms with van der Waals surface area (Å²) in [5.74, 6) is -0.354. The summed E-state index contributed by atoms with van der Waals surface area (Å²) in [7, 11) is 0. The molecule has 0 radical (unpaired) electrons. The van der Waals surface area contributed by atoms with E-state index in [0.717, 1.165) is 0 Å². The van der Waals surface area contributed by atoms with Crippen molar-refractivity contribution < 1.29 is 9.18 Å². The average Bonchev–Trinajstić information content (AvgIpc) is 2.28. The topological polar surface area (TPSA) is 29.1 Å². The van der Waals surface area contributed by atoms with Crippen molar-refractivity contribution in [2.75, 3.05) is 6.54 Å². The first kappa shape index (κ1) is 14.5. The number of benzene rings is 1. The number of carbonyl (C=O) groups excluding carboxylic acids is 1. The molecule has 5 heteroatoms. The van der Waals surface area contributed by atoms with E-state index in [9.17, 15) is 9.18 Å². The van der Waals surface area contributed by atoms with Gasteiger partial charge in [-0.05, 0) is 40.0 Å². The lowest BCUT2D eigenvalue weighted by Gasteiger charge is -2.14. The van der Waals surface area contributed by atoms with Crippen molar-refractivity contribution >= 4 is 33.4 Å². The van der Waals surface area contributed by atoms with Gasteiger partial charge in [0.1, 0.15) is 5.82 Å². The van der Waals surface area contributed by atoms with Crippen molar-refractivity contribution in [2.45, 2.75) is 19.2 Å². The van der Waals surface area contributed by atoms with Gasteiger partial charge in [-0.1, -0.05) is 13.8 Å². The van der Waals surface area contributed by atoms with E-state index in [0.29, 0.717) is 12.1 Å². The third-order valence-electron chi connectivity index (χ3n) is 2.36. The van der Waals surface area contributed by atoms with Gasteiger partial charge < -0.3 is 5.32 Å². The lowest BCUT2D eigenvalue weighted by molar-refractivity contribution is 0.0952. The minimum absolute atomic E-state index is 0.108. The first-order chi connectivity index (χ1) is 7.91. The molecule has 0 saturated carbocycles. The number of carbonyl (C=O) groups is 1. The van der Waals surface area contributed by atoms with E-state index in [1.165, 1.54) is 18.2 Å². The van der Waals surface area contributed by atoms with Gasteiger partial charge in [0, 0.05) is 12.1 Å². The third-order valence-corrected chi connectivity index (χ3v) is 3.63. The van der Waals surface area contributed by atoms with Crippen LogP contribution in [-0.4, -0.2) is 17.8 Å². The maximum absolute atomic E-state index is 13.0. The monoisotopic (exact) mass is 321 g/mol. The highest BCUT2D eigenvalue weighted by atomic mass is 79.9. The zero-order valence-corrected chi connectivity index (χ0v) is 12.0. The van der Waals surface area contributed by atoms with Gasteiger partial charge in [-0.15, -0.1) is 11.6 Å². The van der Waals surface area contributed by atoms with Gasteiger partial charge in [-0.25, -0.2) is 4.39 Å². The summed E-state index contributed by atoms with van der Waals surface area (Å²) in [6.07, 6.45) is 0. The molecule has 0 aliphatic carbocycles. The number of hydrogen-bond acceptors (Lipinski definition) is 1. The van der Waals surface area contributed by atoms with Gasteiger partial charge in [0.25, 0.3) is 5.91 Å². The molecule has 0 fully saturated rings. The van der Waals surface area contributed by atoms with E-state index < -0.39 is 0 Å². The Morgan fingerprint density at radius 3 is 2.71 bits per heavy atom. The summed E-state index contributed by atoms with van der Waals surface area (Å²) in [6.45, 7) is 4.36. The standard InChI is InChI=1S/C12H14BrClFNO/c1-7(2)10(14)6-16-12(17)8-3-4-11(15)9(13)5-8/h3-5,7,10H,6H2,1-2H3,(H,16,17). The first-order valence-corrected chi connectivity index (χ1v) is 6.52. The number of alkyl halides is 1. The molecule has 1 amide bonds. The highest BCUT2D eigenvalue weighted by Crippen LogP contribution is 2.17. The van der Waals surface area contributed by atoms with Gasteiger partial charge in [0.05, 0.1) is 9.85 Å². The number of hydrogen-bond donors (Lipinski definition) is 1. The molecule has 1 N–H and O–H groups in total. The molecule has 0 heterocycles. The molecule has 0 aliphatic heterocycles. The molecular weight excluding hydrogens is 308 g/mol. The molecule has 0 aliphatic rings. The van der Waals surface area contributed by atoms with Crippen molar-refractivity contribution in [1.82, 2.24) is 5.32 Å². The second kappa shape index (κ2) is 6.36. The van der Waals surface area contributed by atoms with Crippen molar-refractivity contribution in [3.05, 3.63) is 34.1 Å². The molecule has 0 spiro atoms. The molecule has 0 bridgehead atoms. The van der Waals surface area contributed by atoms with Crippen LogP contribution in [0.3, 0.4) is 0 Å². The van der Waals surface area contributed by atoms with Crippen LogP contribution in [0.25, 0.3) is 0 Å². The Kier molecular flexibility index (Phi) is 5.40. The SMILES string of the molecule is CC(C)C(Cl)CNC(=O)c1ccc(F)c(Br)c1. The molecular formula is C12H14BrClFNO. The molecule has 1 aromatic carbocycles. The Labute approximate surface area is 114 Å². The van der Waals surface area contributed by atoms with E-state index in [2.05, 4.69) is 21.2 Å². The largest absolute Gasteiger partial charge is 0.351 e. The molecule has 94 valence electrons. The molecule has 0 saturated heterocycles. The van der Waals surface area contributed by atoms with Crippen molar-refractivity contribution in [2.24, 2.45) is 5.92 Å². The third kappa shape index (κ3) is 4.28. The summed E-state index contributed by atoms with van der Waals surface area (Å²) in [5, 5.41) is 2.60.